The first-order valence-corrected chi connectivity index (χ1v) is 10.4. The van der Waals surface area contributed by atoms with Crippen LogP contribution < -0.4 is 10.1 Å². The molecule has 1 amide bonds. The van der Waals surface area contributed by atoms with Crippen molar-refractivity contribution in [1.82, 2.24) is 4.90 Å². The molecule has 3 aliphatic rings. The van der Waals surface area contributed by atoms with Crippen LogP contribution in [0.4, 0.5) is 10.1 Å². The van der Waals surface area contributed by atoms with Crippen LogP contribution in [0, 0.1) is 5.82 Å². The van der Waals surface area contributed by atoms with Crippen LogP contribution in [0.5, 0.6) is 5.75 Å². The molecule has 1 N–H and O–H groups in total. The van der Waals surface area contributed by atoms with Crippen molar-refractivity contribution in [2.45, 2.75) is 0 Å². The standard InChI is InChI=1S/C24H23FN2O4/c25-18-3-6-20-21(14-18)26-24(28)23(20)22-13-17(15-31-22)16-1-4-19(5-2-16)30-12-9-27-7-10-29-11-8-27/h1-6,13-14H,7-12,15H2,(H,26,28)/b23-22-. The minimum Gasteiger partial charge on any atom is -0.492 e. The molecule has 0 atom stereocenters. The number of nitrogens with zero attached hydrogens (tertiary/aromatic N) is 1. The molecule has 3 heterocycles. The Morgan fingerprint density at radius 2 is 1.90 bits per heavy atom. The van der Waals surface area contributed by atoms with Crippen LogP contribution in [-0.4, -0.2) is 56.9 Å². The van der Waals surface area contributed by atoms with E-state index in [9.17, 15) is 9.18 Å². The number of rotatable bonds is 5. The lowest BCUT2D eigenvalue weighted by atomic mass is 10.0. The molecule has 2 aromatic rings. The lowest BCUT2D eigenvalue weighted by molar-refractivity contribution is -0.110. The van der Waals surface area contributed by atoms with Gasteiger partial charge in [-0.3, -0.25) is 9.69 Å². The lowest BCUT2D eigenvalue weighted by Crippen LogP contribution is -2.38. The molecule has 5 rings (SSSR count). The molecule has 1 fully saturated rings. The second kappa shape index (κ2) is 8.53. The third kappa shape index (κ3) is 4.19. The molecule has 0 aromatic heterocycles. The molecule has 0 radical (unpaired) electrons. The van der Waals surface area contributed by atoms with Crippen molar-refractivity contribution in [3.8, 4) is 5.75 Å². The number of fused-ring (bicyclic) bond motifs is 1. The van der Waals surface area contributed by atoms with E-state index < -0.39 is 0 Å². The van der Waals surface area contributed by atoms with Gasteiger partial charge in [0.2, 0.25) is 0 Å². The number of amides is 1. The zero-order valence-electron chi connectivity index (χ0n) is 17.0. The Morgan fingerprint density at radius 1 is 1.10 bits per heavy atom. The molecule has 1 saturated heterocycles. The first-order chi connectivity index (χ1) is 15.2. The molecule has 2 aromatic carbocycles. The minimum atomic E-state index is -0.388. The number of hydrogen-bond donors (Lipinski definition) is 1. The predicted molar refractivity (Wildman–Crippen MR) is 115 cm³/mol. The molecular formula is C24H23FN2O4. The van der Waals surface area contributed by atoms with E-state index in [1.54, 1.807) is 6.07 Å². The van der Waals surface area contributed by atoms with Crippen LogP contribution in [0.15, 0.2) is 54.3 Å². The second-order valence-electron chi connectivity index (χ2n) is 7.67. The molecule has 31 heavy (non-hydrogen) atoms. The molecule has 0 unspecified atom stereocenters. The van der Waals surface area contributed by atoms with E-state index in [1.165, 1.54) is 12.1 Å². The van der Waals surface area contributed by atoms with Crippen LogP contribution >= 0.6 is 0 Å². The van der Waals surface area contributed by atoms with Crippen molar-refractivity contribution in [2.24, 2.45) is 0 Å². The van der Waals surface area contributed by atoms with Gasteiger partial charge in [0.05, 0.1) is 24.5 Å². The van der Waals surface area contributed by atoms with E-state index in [2.05, 4.69) is 10.2 Å². The summed E-state index contributed by atoms with van der Waals surface area (Å²) in [5.74, 6) is 0.656. The van der Waals surface area contributed by atoms with Crippen molar-refractivity contribution in [3.05, 3.63) is 71.2 Å². The fraction of sp³-hybridized carbons (Fsp3) is 0.292. The van der Waals surface area contributed by atoms with Crippen molar-refractivity contribution in [2.75, 3.05) is 51.4 Å². The average Bonchev–Trinajstić information content (AvgIpc) is 3.38. The summed E-state index contributed by atoms with van der Waals surface area (Å²) in [5, 5.41) is 2.70. The smallest absolute Gasteiger partial charge is 0.260 e. The van der Waals surface area contributed by atoms with Gasteiger partial charge in [-0.25, -0.2) is 4.39 Å². The molecular weight excluding hydrogens is 399 g/mol. The number of nitrogens with one attached hydrogen (secondary N) is 1. The van der Waals surface area contributed by atoms with Gasteiger partial charge >= 0.3 is 0 Å². The maximum atomic E-state index is 13.5. The normalized spacial score (nSPS) is 20.8. The number of hydrogen-bond acceptors (Lipinski definition) is 5. The van der Waals surface area contributed by atoms with E-state index in [-0.39, 0.29) is 11.7 Å². The average molecular weight is 422 g/mol. The van der Waals surface area contributed by atoms with Gasteiger partial charge in [0.15, 0.2) is 0 Å². The summed E-state index contributed by atoms with van der Waals surface area (Å²) < 4.78 is 30.5. The maximum absolute atomic E-state index is 13.5. The summed E-state index contributed by atoms with van der Waals surface area (Å²) in [7, 11) is 0. The molecule has 0 saturated carbocycles. The van der Waals surface area contributed by atoms with Crippen LogP contribution in [0.3, 0.4) is 0 Å². The Balaban J connectivity index is 1.27. The Labute approximate surface area is 179 Å². The Morgan fingerprint density at radius 3 is 2.71 bits per heavy atom. The summed E-state index contributed by atoms with van der Waals surface area (Å²) in [4.78, 5) is 14.7. The van der Waals surface area contributed by atoms with Gasteiger partial charge < -0.3 is 19.5 Å². The highest BCUT2D eigenvalue weighted by atomic mass is 19.1. The monoisotopic (exact) mass is 422 g/mol. The highest BCUT2D eigenvalue weighted by molar-refractivity contribution is 6.32. The SMILES string of the molecule is O=C1Nc2cc(F)ccc2/C1=C1\C=C(c2ccc(OCCN3CCOCC3)cc2)CO1. The zero-order chi connectivity index (χ0) is 21.2. The number of morpholine rings is 1. The van der Waals surface area contributed by atoms with E-state index in [1.807, 2.05) is 30.3 Å². The van der Waals surface area contributed by atoms with Gasteiger partial charge in [-0.05, 0) is 42.0 Å². The number of ether oxygens (including phenoxy) is 3. The highest BCUT2D eigenvalue weighted by Crippen LogP contribution is 2.38. The molecule has 0 spiro atoms. The number of carbonyl (C=O) groups is 1. The third-order valence-corrected chi connectivity index (χ3v) is 5.67. The van der Waals surface area contributed by atoms with Gasteiger partial charge in [0.1, 0.15) is 30.5 Å². The molecule has 0 bridgehead atoms. The maximum Gasteiger partial charge on any atom is 0.260 e. The van der Waals surface area contributed by atoms with Gasteiger partial charge in [0, 0.05) is 30.8 Å². The fourth-order valence-electron chi connectivity index (χ4n) is 3.98. The summed E-state index contributed by atoms with van der Waals surface area (Å²) in [6, 6.07) is 12.1. The lowest BCUT2D eigenvalue weighted by Gasteiger charge is -2.26. The molecule has 0 aliphatic carbocycles. The summed E-state index contributed by atoms with van der Waals surface area (Å²) >= 11 is 0. The Kier molecular flexibility index (Phi) is 5.44. The first kappa shape index (κ1) is 19.8. The molecule has 160 valence electrons. The number of allylic oxidation sites excluding steroid dienone is 1. The first-order valence-electron chi connectivity index (χ1n) is 10.4. The quantitative estimate of drug-likeness (QED) is 0.750. The predicted octanol–water partition coefficient (Wildman–Crippen LogP) is 3.31. The largest absolute Gasteiger partial charge is 0.492 e. The fourth-order valence-corrected chi connectivity index (χ4v) is 3.98. The van der Waals surface area contributed by atoms with Gasteiger partial charge in [-0.15, -0.1) is 0 Å². The second-order valence-corrected chi connectivity index (χ2v) is 7.67. The Bertz CT molecular complexity index is 1060. The molecule has 7 heteroatoms. The summed E-state index contributed by atoms with van der Waals surface area (Å²) in [6.07, 6.45) is 1.88. The van der Waals surface area contributed by atoms with Crippen LogP contribution in [0.1, 0.15) is 11.1 Å². The number of benzene rings is 2. The van der Waals surface area contributed by atoms with Gasteiger partial charge in [-0.2, -0.15) is 0 Å². The number of anilines is 1. The van der Waals surface area contributed by atoms with Crippen molar-refractivity contribution in [1.29, 1.82) is 0 Å². The van der Waals surface area contributed by atoms with E-state index >= 15 is 0 Å². The van der Waals surface area contributed by atoms with Gasteiger partial charge in [0.25, 0.3) is 5.91 Å². The highest BCUT2D eigenvalue weighted by Gasteiger charge is 2.30. The summed E-state index contributed by atoms with van der Waals surface area (Å²) in [5.41, 5.74) is 3.55. The van der Waals surface area contributed by atoms with Crippen molar-refractivity contribution in [3.63, 3.8) is 0 Å². The molecule has 3 aliphatic heterocycles. The van der Waals surface area contributed by atoms with Crippen LogP contribution in [-0.2, 0) is 14.3 Å². The summed E-state index contributed by atoms with van der Waals surface area (Å²) in [6.45, 7) is 5.37. The van der Waals surface area contributed by atoms with Crippen LogP contribution in [0.2, 0.25) is 0 Å². The number of halogens is 1. The van der Waals surface area contributed by atoms with Crippen molar-refractivity contribution >= 4 is 22.7 Å². The number of carbonyl (C=O) groups excluding carboxylic acids is 1. The third-order valence-electron chi connectivity index (χ3n) is 5.67. The topological polar surface area (TPSA) is 60.0 Å². The van der Waals surface area contributed by atoms with Crippen LogP contribution in [0.25, 0.3) is 11.1 Å². The molecule has 6 nitrogen and oxygen atoms in total. The van der Waals surface area contributed by atoms with Gasteiger partial charge in [-0.1, -0.05) is 12.1 Å². The van der Waals surface area contributed by atoms with E-state index in [0.717, 1.165) is 49.7 Å². The minimum absolute atomic E-state index is 0.280. The van der Waals surface area contributed by atoms with Crippen molar-refractivity contribution < 1.29 is 23.4 Å². The van der Waals surface area contributed by atoms with E-state index in [0.29, 0.717) is 35.8 Å². The van der Waals surface area contributed by atoms with E-state index in [4.69, 9.17) is 14.2 Å². The Hall–Kier alpha value is -3.16. The zero-order valence-corrected chi connectivity index (χ0v) is 17.0.